The van der Waals surface area contributed by atoms with E-state index in [0.29, 0.717) is 6.61 Å². The Balaban J connectivity index is 2.40. The normalized spacial score (nSPS) is 41.9. The fraction of sp³-hybridized carbons (Fsp3) is 1.00. The minimum Gasteiger partial charge on any atom is -0.265 e. The van der Waals surface area contributed by atoms with Crippen LogP contribution in [0.5, 0.6) is 0 Å². The van der Waals surface area contributed by atoms with Crippen molar-refractivity contribution in [2.24, 2.45) is 0 Å². The van der Waals surface area contributed by atoms with E-state index in [9.17, 15) is 4.21 Å². The quantitative estimate of drug-likeness (QED) is 0.476. The molecule has 1 aliphatic rings. The van der Waals surface area contributed by atoms with Crippen LogP contribution in [0.4, 0.5) is 0 Å². The van der Waals surface area contributed by atoms with Gasteiger partial charge in [0.15, 0.2) is 0 Å². The lowest BCUT2D eigenvalue weighted by Crippen LogP contribution is -1.96. The Morgan fingerprint density at radius 1 is 1.86 bits per heavy atom. The van der Waals surface area contributed by atoms with Gasteiger partial charge in [-0.3, -0.25) is 8.37 Å². The van der Waals surface area contributed by atoms with E-state index < -0.39 is 11.4 Å². The Kier molecular flexibility index (Phi) is 1.69. The van der Waals surface area contributed by atoms with Gasteiger partial charge in [0, 0.05) is 0 Å². The summed E-state index contributed by atoms with van der Waals surface area (Å²) in [6.07, 6.45) is 0. The average molecular weight is 140 g/mol. The summed E-state index contributed by atoms with van der Waals surface area (Å²) in [5.41, 5.74) is -0.305. The SMILES string of the molecule is O=S1OCC(S)O1. The number of hydrogen-bond acceptors (Lipinski definition) is 4. The molecule has 3 nitrogen and oxygen atoms in total. The third kappa shape index (κ3) is 1.41. The third-order valence-electron chi connectivity index (χ3n) is 0.496. The van der Waals surface area contributed by atoms with Crippen molar-refractivity contribution in [3.63, 3.8) is 0 Å². The van der Waals surface area contributed by atoms with Crippen LogP contribution in [0.1, 0.15) is 0 Å². The Bertz CT molecular complexity index is 92.9. The second-order valence-electron chi connectivity index (χ2n) is 1.04. The molecule has 1 saturated heterocycles. The molecular weight excluding hydrogens is 136 g/mol. The van der Waals surface area contributed by atoms with E-state index in [2.05, 4.69) is 21.0 Å². The van der Waals surface area contributed by atoms with Gasteiger partial charge >= 0.3 is 11.4 Å². The molecular formula is C2H4O3S2. The van der Waals surface area contributed by atoms with Crippen LogP contribution in [-0.4, -0.2) is 16.3 Å². The molecule has 0 aromatic carbocycles. The molecule has 0 bridgehead atoms. The van der Waals surface area contributed by atoms with Crippen molar-refractivity contribution < 1.29 is 12.6 Å². The molecule has 2 unspecified atom stereocenters. The van der Waals surface area contributed by atoms with Crippen molar-refractivity contribution >= 4 is 24.0 Å². The van der Waals surface area contributed by atoms with Gasteiger partial charge in [0.2, 0.25) is 0 Å². The topological polar surface area (TPSA) is 35.5 Å². The van der Waals surface area contributed by atoms with Gasteiger partial charge in [-0.1, -0.05) is 0 Å². The summed E-state index contributed by atoms with van der Waals surface area (Å²) in [7, 11) is 0. The summed E-state index contributed by atoms with van der Waals surface area (Å²) < 4.78 is 19.0. The maximum absolute atomic E-state index is 10.1. The molecule has 5 heteroatoms. The molecule has 1 fully saturated rings. The van der Waals surface area contributed by atoms with Crippen molar-refractivity contribution in [2.45, 2.75) is 5.44 Å². The Labute approximate surface area is 49.3 Å². The molecule has 0 saturated carbocycles. The van der Waals surface area contributed by atoms with Crippen molar-refractivity contribution in [1.82, 2.24) is 0 Å². The largest absolute Gasteiger partial charge is 0.305 e. The van der Waals surface area contributed by atoms with Gasteiger partial charge in [-0.2, -0.15) is 4.21 Å². The summed E-state index contributed by atoms with van der Waals surface area (Å²) in [5.74, 6) is 0. The highest BCUT2D eigenvalue weighted by Gasteiger charge is 2.18. The lowest BCUT2D eigenvalue weighted by atomic mass is 10.8. The molecule has 1 aliphatic heterocycles. The maximum Gasteiger partial charge on any atom is 0.305 e. The monoisotopic (exact) mass is 140 g/mol. The predicted octanol–water partition coefficient (Wildman–Crippen LogP) is -0.132. The first kappa shape index (κ1) is 5.55. The van der Waals surface area contributed by atoms with Crippen molar-refractivity contribution in [3.8, 4) is 0 Å². The number of hydrogen-bond donors (Lipinski definition) is 1. The summed E-state index contributed by atoms with van der Waals surface area (Å²) in [5, 5.41) is 0. The zero-order chi connectivity index (χ0) is 5.28. The van der Waals surface area contributed by atoms with Crippen LogP contribution in [0.2, 0.25) is 0 Å². The Hall–Kier alpha value is 0.420. The second-order valence-corrected chi connectivity index (χ2v) is 2.45. The fourth-order valence-electron chi connectivity index (χ4n) is 0.260. The molecule has 0 radical (unpaired) electrons. The van der Waals surface area contributed by atoms with E-state index in [1.54, 1.807) is 0 Å². The highest BCUT2D eigenvalue weighted by atomic mass is 32.2. The third-order valence-corrected chi connectivity index (χ3v) is 1.61. The minimum atomic E-state index is -1.53. The first-order valence-corrected chi connectivity index (χ1v) is 3.21. The molecule has 0 spiro atoms. The van der Waals surface area contributed by atoms with Crippen LogP contribution in [0.25, 0.3) is 0 Å². The zero-order valence-corrected chi connectivity index (χ0v) is 5.08. The average Bonchev–Trinajstić information content (AvgIpc) is 1.87. The fourth-order valence-corrected chi connectivity index (χ4v) is 1.17. The minimum absolute atomic E-state index is 0.305. The molecule has 0 aromatic rings. The first-order valence-electron chi connectivity index (χ1n) is 1.69. The lowest BCUT2D eigenvalue weighted by Gasteiger charge is -1.87. The molecule has 0 amide bonds. The van der Waals surface area contributed by atoms with Crippen LogP contribution in [0.15, 0.2) is 0 Å². The second kappa shape index (κ2) is 2.13. The summed E-state index contributed by atoms with van der Waals surface area (Å²) >= 11 is 2.28. The standard InChI is InChI=1S/C2H4O3S2/c3-7-4-1-2(6)5-7/h2,6H,1H2. The zero-order valence-electron chi connectivity index (χ0n) is 3.36. The van der Waals surface area contributed by atoms with Gasteiger partial charge < -0.3 is 0 Å². The smallest absolute Gasteiger partial charge is 0.265 e. The van der Waals surface area contributed by atoms with E-state index in [-0.39, 0.29) is 5.44 Å². The lowest BCUT2D eigenvalue weighted by molar-refractivity contribution is 0.335. The number of rotatable bonds is 0. The molecule has 7 heavy (non-hydrogen) atoms. The first-order chi connectivity index (χ1) is 3.29. The Morgan fingerprint density at radius 3 is 2.71 bits per heavy atom. The molecule has 0 aromatic heterocycles. The summed E-state index contributed by atoms with van der Waals surface area (Å²) in [6.45, 7) is 0.315. The van der Waals surface area contributed by atoms with E-state index in [4.69, 9.17) is 0 Å². The number of thiol groups is 1. The maximum atomic E-state index is 10.1. The molecule has 42 valence electrons. The molecule has 2 atom stereocenters. The van der Waals surface area contributed by atoms with Gasteiger partial charge in [-0.15, -0.1) is 12.6 Å². The van der Waals surface area contributed by atoms with Crippen LogP contribution in [0.3, 0.4) is 0 Å². The summed E-state index contributed by atoms with van der Waals surface area (Å²) in [4.78, 5) is 0. The molecule has 1 rings (SSSR count). The van der Waals surface area contributed by atoms with Crippen LogP contribution in [-0.2, 0) is 19.7 Å². The van der Waals surface area contributed by atoms with Gasteiger partial charge in [0.25, 0.3) is 0 Å². The van der Waals surface area contributed by atoms with Crippen molar-refractivity contribution in [2.75, 3.05) is 6.61 Å². The van der Waals surface area contributed by atoms with Crippen LogP contribution < -0.4 is 0 Å². The van der Waals surface area contributed by atoms with Gasteiger partial charge in [0.05, 0.1) is 0 Å². The van der Waals surface area contributed by atoms with Crippen LogP contribution in [0, 0.1) is 0 Å². The van der Waals surface area contributed by atoms with Crippen LogP contribution >= 0.6 is 12.6 Å². The molecule has 0 N–H and O–H groups in total. The summed E-state index contributed by atoms with van der Waals surface area (Å²) in [6, 6.07) is 0. The van der Waals surface area contributed by atoms with E-state index in [0.717, 1.165) is 0 Å². The van der Waals surface area contributed by atoms with Crippen molar-refractivity contribution in [3.05, 3.63) is 0 Å². The predicted molar refractivity (Wildman–Crippen MR) is 28.0 cm³/mol. The highest BCUT2D eigenvalue weighted by molar-refractivity contribution is 7.82. The van der Waals surface area contributed by atoms with Gasteiger partial charge in [0.1, 0.15) is 12.0 Å². The highest BCUT2D eigenvalue weighted by Crippen LogP contribution is 2.10. The van der Waals surface area contributed by atoms with Gasteiger partial charge in [-0.25, -0.2) is 0 Å². The van der Waals surface area contributed by atoms with E-state index >= 15 is 0 Å². The molecule has 0 aliphatic carbocycles. The van der Waals surface area contributed by atoms with Crippen molar-refractivity contribution in [1.29, 1.82) is 0 Å². The van der Waals surface area contributed by atoms with E-state index in [1.165, 1.54) is 0 Å². The van der Waals surface area contributed by atoms with E-state index in [1.807, 2.05) is 0 Å². The Morgan fingerprint density at radius 2 is 2.57 bits per heavy atom. The molecule has 1 heterocycles. The van der Waals surface area contributed by atoms with Gasteiger partial charge in [-0.05, 0) is 0 Å².